The summed E-state index contributed by atoms with van der Waals surface area (Å²) in [5.41, 5.74) is 8.21. The van der Waals surface area contributed by atoms with Gasteiger partial charge in [0.1, 0.15) is 12.2 Å². The van der Waals surface area contributed by atoms with Gasteiger partial charge in [-0.05, 0) is 24.3 Å². The maximum Gasteiger partial charge on any atom is 0.432 e. The summed E-state index contributed by atoms with van der Waals surface area (Å²) >= 11 is 0. The van der Waals surface area contributed by atoms with Gasteiger partial charge >= 0.3 is 7.75 Å². The van der Waals surface area contributed by atoms with Crippen molar-refractivity contribution in [2.24, 2.45) is 0 Å². The number of nitrogens with one attached hydrogen (secondary N) is 2. The van der Waals surface area contributed by atoms with Gasteiger partial charge in [0.25, 0.3) is 0 Å². The van der Waals surface area contributed by atoms with E-state index in [0.29, 0.717) is 11.4 Å². The molecule has 0 aliphatic rings. The Morgan fingerprint density at radius 3 is 2.00 bits per heavy atom. The molecule has 0 spiro atoms. The van der Waals surface area contributed by atoms with E-state index in [1.54, 1.807) is 36.5 Å². The maximum absolute atomic E-state index is 11.9. The van der Waals surface area contributed by atoms with Crippen LogP contribution >= 0.6 is 15.9 Å². The highest BCUT2D eigenvalue weighted by Crippen LogP contribution is 2.46. The molecule has 10 heteroatoms. The first-order valence-corrected chi connectivity index (χ1v) is 8.49. The quantitative estimate of drug-likeness (QED) is 0.340. The lowest BCUT2D eigenvalue weighted by molar-refractivity contribution is 0.281. The predicted octanol–water partition coefficient (Wildman–Crippen LogP) is 2.82. The van der Waals surface area contributed by atoms with Crippen molar-refractivity contribution in [1.29, 1.82) is 0 Å². The molecule has 4 N–H and O–H groups in total. The van der Waals surface area contributed by atoms with Gasteiger partial charge in [0.2, 0.25) is 8.15 Å². The van der Waals surface area contributed by atoms with Crippen molar-refractivity contribution >= 4 is 27.3 Å². The molecule has 22 heavy (non-hydrogen) atoms. The van der Waals surface area contributed by atoms with Crippen LogP contribution in [-0.2, 0) is 18.2 Å². The zero-order valence-electron chi connectivity index (χ0n) is 11.7. The van der Waals surface area contributed by atoms with Crippen molar-refractivity contribution in [3.05, 3.63) is 24.3 Å². The summed E-state index contributed by atoms with van der Waals surface area (Å²) in [4.78, 5) is 0. The third-order valence-electron chi connectivity index (χ3n) is 2.19. The van der Waals surface area contributed by atoms with Crippen LogP contribution in [-0.4, -0.2) is 24.4 Å². The van der Waals surface area contributed by atoms with E-state index in [1.807, 2.05) is 0 Å². The normalized spacial score (nSPS) is 10.1. The van der Waals surface area contributed by atoms with E-state index < -0.39 is 15.9 Å². The summed E-state index contributed by atoms with van der Waals surface area (Å²) in [5.74, 6) is 0. The molecule has 0 unspecified atom stereocenters. The minimum atomic E-state index is -3.36. The summed E-state index contributed by atoms with van der Waals surface area (Å²) in [6.07, 6.45) is 3.34. The van der Waals surface area contributed by atoms with Crippen LogP contribution < -0.4 is 10.6 Å². The monoisotopic (exact) mass is 344 g/mol. The van der Waals surface area contributed by atoms with E-state index in [-0.39, 0.29) is 0 Å². The number of rotatable bonds is 7. The number of aliphatic hydroxyl groups is 2. The highest BCUT2D eigenvalue weighted by Gasteiger charge is 2.20. The van der Waals surface area contributed by atoms with Crippen molar-refractivity contribution in [2.75, 3.05) is 24.8 Å². The van der Waals surface area contributed by atoms with Gasteiger partial charge in [-0.2, -0.15) is 0 Å². The molecule has 0 aliphatic heterocycles. The standard InChI is InChI=1S/C12H14N2O6P2/c1-18-22(17,19-2)14-12-5-3-11(4-6-12)13-20-21(9-7-15)10-8-16/h3-6,13,15-16H,1-2H3,(H,14,17). The lowest BCUT2D eigenvalue weighted by atomic mass is 10.3. The van der Waals surface area contributed by atoms with Crippen molar-refractivity contribution in [3.63, 3.8) is 0 Å². The fourth-order valence-corrected chi connectivity index (χ4v) is 2.52. The van der Waals surface area contributed by atoms with Crippen LogP contribution in [0.2, 0.25) is 0 Å². The molecule has 8 nitrogen and oxygen atoms in total. The van der Waals surface area contributed by atoms with Gasteiger partial charge in [0.05, 0.1) is 5.69 Å². The van der Waals surface area contributed by atoms with E-state index in [1.165, 1.54) is 14.2 Å². The molecule has 1 aromatic rings. The smallest absolute Gasteiger partial charge is 0.432 e. The first kappa shape index (κ1) is 18.1. The van der Waals surface area contributed by atoms with E-state index >= 15 is 0 Å². The number of hydrogen-bond donors (Lipinski definition) is 4. The van der Waals surface area contributed by atoms with Gasteiger partial charge in [-0.1, -0.05) is 0 Å². The molecule has 0 amide bonds. The zero-order chi connectivity index (χ0) is 16.4. The highest BCUT2D eigenvalue weighted by atomic mass is 31.2. The van der Waals surface area contributed by atoms with Crippen molar-refractivity contribution in [2.45, 2.75) is 0 Å². The van der Waals surface area contributed by atoms with Crippen LogP contribution in [0, 0.1) is 23.5 Å². The second-order valence-corrected chi connectivity index (χ2v) is 6.65. The summed E-state index contributed by atoms with van der Waals surface area (Å²) in [7, 11) is -2.47. The van der Waals surface area contributed by atoms with Gasteiger partial charge in [0.15, 0.2) is 0 Å². The Balaban J connectivity index is 2.66. The Kier molecular flexibility index (Phi) is 7.56. The molecular weight excluding hydrogens is 330 g/mol. The molecule has 118 valence electrons. The second kappa shape index (κ2) is 9.17. The molecule has 0 saturated carbocycles. The van der Waals surface area contributed by atoms with E-state index in [0.717, 1.165) is 0 Å². The largest absolute Gasteiger partial charge is 0.462 e. The second-order valence-electron chi connectivity index (χ2n) is 3.49. The SMILES string of the molecule is COP(=O)(Nc1ccc(NOP(C#CO)C#CO)cc1)OC. The Morgan fingerprint density at radius 1 is 1.05 bits per heavy atom. The first-order valence-electron chi connectivity index (χ1n) is 5.69. The van der Waals surface area contributed by atoms with Crippen LogP contribution in [0.15, 0.2) is 24.3 Å². The van der Waals surface area contributed by atoms with Gasteiger partial charge in [-0.15, -0.1) is 0 Å². The lowest BCUT2D eigenvalue weighted by Gasteiger charge is -2.16. The van der Waals surface area contributed by atoms with Crippen molar-refractivity contribution in [1.82, 2.24) is 0 Å². The third kappa shape index (κ3) is 5.83. The molecule has 0 atom stereocenters. The number of aliphatic hydroxyl groups excluding tert-OH is 2. The third-order valence-corrected chi connectivity index (χ3v) is 4.56. The number of anilines is 2. The van der Waals surface area contributed by atoms with Crippen LogP contribution in [0.1, 0.15) is 0 Å². The Bertz CT molecular complexity index is 616. The minimum Gasteiger partial charge on any atom is -0.462 e. The van der Waals surface area contributed by atoms with Gasteiger partial charge in [0, 0.05) is 31.2 Å². The van der Waals surface area contributed by atoms with Gasteiger partial charge < -0.3 is 10.2 Å². The highest BCUT2D eigenvalue weighted by molar-refractivity contribution is 7.63. The summed E-state index contributed by atoms with van der Waals surface area (Å²) in [6.45, 7) is 0. The average molecular weight is 344 g/mol. The average Bonchev–Trinajstić information content (AvgIpc) is 2.54. The topological polar surface area (TPSA) is 109 Å². The molecule has 0 bridgehead atoms. The van der Waals surface area contributed by atoms with Crippen LogP contribution in [0.4, 0.5) is 11.4 Å². The molecular formula is C12H14N2O6P2. The predicted molar refractivity (Wildman–Crippen MR) is 82.7 cm³/mol. The van der Waals surface area contributed by atoms with E-state index in [4.69, 9.17) is 23.9 Å². The zero-order valence-corrected chi connectivity index (χ0v) is 13.5. The molecule has 0 fully saturated rings. The Morgan fingerprint density at radius 2 is 1.55 bits per heavy atom. The fraction of sp³-hybridized carbons (Fsp3) is 0.167. The molecule has 0 aromatic heterocycles. The summed E-state index contributed by atoms with van der Waals surface area (Å²) < 4.78 is 26.5. The molecule has 0 heterocycles. The number of hydrogen-bond acceptors (Lipinski definition) is 7. The molecule has 1 aromatic carbocycles. The van der Waals surface area contributed by atoms with Gasteiger partial charge in [-0.3, -0.25) is 19.6 Å². The molecule has 0 radical (unpaired) electrons. The first-order chi connectivity index (χ1) is 10.6. The molecule has 0 aliphatic carbocycles. The van der Waals surface area contributed by atoms with Gasteiger partial charge in [-0.25, -0.2) is 9.19 Å². The number of benzene rings is 1. The van der Waals surface area contributed by atoms with Crippen LogP contribution in [0.25, 0.3) is 0 Å². The van der Waals surface area contributed by atoms with Crippen molar-refractivity contribution < 1.29 is 28.5 Å². The van der Waals surface area contributed by atoms with E-state index in [9.17, 15) is 4.57 Å². The van der Waals surface area contributed by atoms with Crippen LogP contribution in [0.5, 0.6) is 0 Å². The fourth-order valence-electron chi connectivity index (χ4n) is 1.20. The molecule has 1 rings (SSSR count). The van der Waals surface area contributed by atoms with Crippen LogP contribution in [0.3, 0.4) is 0 Å². The van der Waals surface area contributed by atoms with E-state index in [2.05, 4.69) is 21.9 Å². The maximum atomic E-state index is 11.9. The molecule has 0 saturated heterocycles. The summed E-state index contributed by atoms with van der Waals surface area (Å²) in [6, 6.07) is 6.50. The lowest BCUT2D eigenvalue weighted by Crippen LogP contribution is -2.01. The summed E-state index contributed by atoms with van der Waals surface area (Å²) in [5, 5.41) is 19.6. The Labute approximate surface area is 129 Å². The Hall–Kier alpha value is -1.92. The minimum absolute atomic E-state index is 0.519. The van der Waals surface area contributed by atoms with Crippen molar-refractivity contribution in [3.8, 4) is 23.5 Å².